The lowest BCUT2D eigenvalue weighted by Crippen LogP contribution is -2.15. The summed E-state index contributed by atoms with van der Waals surface area (Å²) in [5.41, 5.74) is 3.63. The largest absolute Gasteiger partial charge is 0.497 e. The van der Waals surface area contributed by atoms with Crippen LogP contribution in [0.3, 0.4) is 0 Å². The fraction of sp³-hybridized carbons (Fsp3) is 0.211. The van der Waals surface area contributed by atoms with Gasteiger partial charge in [-0.1, -0.05) is 36.4 Å². The Labute approximate surface area is 146 Å². The lowest BCUT2D eigenvalue weighted by Gasteiger charge is -2.09. The number of methoxy groups -OCH3 is 1. The van der Waals surface area contributed by atoms with Crippen molar-refractivity contribution in [3.63, 3.8) is 0 Å². The number of nitrogens with zero attached hydrogens (tertiary/aromatic N) is 3. The minimum Gasteiger partial charge on any atom is -0.497 e. The molecule has 1 amide bonds. The topological polar surface area (TPSA) is 69.0 Å². The molecule has 0 aliphatic carbocycles. The Morgan fingerprint density at radius 2 is 2.00 bits per heavy atom. The van der Waals surface area contributed by atoms with Crippen molar-refractivity contribution in [2.75, 3.05) is 12.4 Å². The summed E-state index contributed by atoms with van der Waals surface area (Å²) in [6, 6.07) is 15.2. The molecular weight excluding hydrogens is 316 g/mol. The minimum absolute atomic E-state index is 0.271. The van der Waals surface area contributed by atoms with Gasteiger partial charge >= 0.3 is 0 Å². The molecule has 0 bridgehead atoms. The van der Waals surface area contributed by atoms with Crippen LogP contribution in [0.25, 0.3) is 5.69 Å². The molecule has 128 valence electrons. The molecule has 0 saturated heterocycles. The van der Waals surface area contributed by atoms with Crippen molar-refractivity contribution in [3.05, 3.63) is 65.5 Å². The number of anilines is 1. The van der Waals surface area contributed by atoms with E-state index in [1.165, 1.54) is 0 Å². The van der Waals surface area contributed by atoms with Gasteiger partial charge in [0.1, 0.15) is 5.75 Å². The van der Waals surface area contributed by atoms with E-state index in [9.17, 15) is 4.79 Å². The van der Waals surface area contributed by atoms with E-state index < -0.39 is 0 Å². The maximum Gasteiger partial charge on any atom is 0.278 e. The van der Waals surface area contributed by atoms with E-state index in [4.69, 9.17) is 4.74 Å². The highest BCUT2D eigenvalue weighted by Gasteiger charge is 2.18. The fourth-order valence-corrected chi connectivity index (χ4v) is 2.66. The van der Waals surface area contributed by atoms with Crippen molar-refractivity contribution >= 4 is 11.6 Å². The van der Waals surface area contributed by atoms with Crippen LogP contribution in [0.5, 0.6) is 5.75 Å². The van der Waals surface area contributed by atoms with Crippen LogP contribution in [0.2, 0.25) is 0 Å². The average Bonchev–Trinajstić information content (AvgIpc) is 3.03. The lowest BCUT2D eigenvalue weighted by molar-refractivity contribution is 0.102. The summed E-state index contributed by atoms with van der Waals surface area (Å²) >= 11 is 0. The van der Waals surface area contributed by atoms with Gasteiger partial charge in [0.25, 0.3) is 5.91 Å². The Balaban J connectivity index is 1.89. The zero-order chi connectivity index (χ0) is 17.8. The van der Waals surface area contributed by atoms with Gasteiger partial charge in [-0.25, -0.2) is 4.68 Å². The molecular formula is C19H20N4O2. The first kappa shape index (κ1) is 16.7. The second kappa shape index (κ2) is 7.17. The summed E-state index contributed by atoms with van der Waals surface area (Å²) in [6.45, 7) is 3.87. The van der Waals surface area contributed by atoms with Crippen LogP contribution in [0, 0.1) is 6.92 Å². The standard InChI is InChI=1S/C19H20N4O2/c1-4-14-8-5-6-11-17(14)20-19(24)18-13(2)23(22-21-18)15-9-7-10-16(12-15)25-3/h5-12H,4H2,1-3H3,(H,20,24). The number of benzene rings is 2. The molecule has 6 nitrogen and oxygen atoms in total. The summed E-state index contributed by atoms with van der Waals surface area (Å²) in [7, 11) is 1.61. The van der Waals surface area contributed by atoms with Gasteiger partial charge in [-0.15, -0.1) is 5.10 Å². The average molecular weight is 336 g/mol. The van der Waals surface area contributed by atoms with E-state index in [-0.39, 0.29) is 5.91 Å². The Kier molecular flexibility index (Phi) is 4.79. The summed E-state index contributed by atoms with van der Waals surface area (Å²) in [6.07, 6.45) is 0.839. The normalized spacial score (nSPS) is 10.5. The highest BCUT2D eigenvalue weighted by Crippen LogP contribution is 2.20. The van der Waals surface area contributed by atoms with Crippen molar-refractivity contribution in [1.82, 2.24) is 15.0 Å². The third kappa shape index (κ3) is 3.38. The zero-order valence-electron chi connectivity index (χ0n) is 14.5. The molecule has 6 heteroatoms. The summed E-state index contributed by atoms with van der Waals surface area (Å²) in [5.74, 6) is 0.447. The number of nitrogens with one attached hydrogen (secondary N) is 1. The molecule has 0 unspecified atom stereocenters. The molecule has 0 aliphatic heterocycles. The monoisotopic (exact) mass is 336 g/mol. The Bertz CT molecular complexity index is 902. The first-order valence-corrected chi connectivity index (χ1v) is 8.10. The lowest BCUT2D eigenvalue weighted by atomic mass is 10.1. The summed E-state index contributed by atoms with van der Waals surface area (Å²) < 4.78 is 6.86. The van der Waals surface area contributed by atoms with Crippen LogP contribution in [0.1, 0.15) is 28.7 Å². The Morgan fingerprint density at radius 1 is 1.20 bits per heavy atom. The second-order valence-electron chi connectivity index (χ2n) is 5.60. The van der Waals surface area contributed by atoms with E-state index in [1.54, 1.807) is 11.8 Å². The molecule has 25 heavy (non-hydrogen) atoms. The first-order chi connectivity index (χ1) is 12.1. The molecule has 0 radical (unpaired) electrons. The summed E-state index contributed by atoms with van der Waals surface area (Å²) in [5, 5.41) is 11.1. The van der Waals surface area contributed by atoms with Crippen LogP contribution in [0.15, 0.2) is 48.5 Å². The first-order valence-electron chi connectivity index (χ1n) is 8.10. The van der Waals surface area contributed by atoms with Crippen molar-refractivity contribution in [3.8, 4) is 11.4 Å². The molecule has 1 aromatic heterocycles. The molecule has 1 heterocycles. The molecule has 0 aliphatic rings. The van der Waals surface area contributed by atoms with Crippen LogP contribution >= 0.6 is 0 Å². The number of ether oxygens (including phenoxy) is 1. The summed E-state index contributed by atoms with van der Waals surface area (Å²) in [4.78, 5) is 12.6. The Hall–Kier alpha value is -3.15. The van der Waals surface area contributed by atoms with E-state index in [0.717, 1.165) is 29.1 Å². The molecule has 3 aromatic rings. The van der Waals surface area contributed by atoms with Gasteiger partial charge in [-0.2, -0.15) is 0 Å². The number of rotatable bonds is 5. The maximum absolute atomic E-state index is 12.6. The number of aromatic nitrogens is 3. The second-order valence-corrected chi connectivity index (χ2v) is 5.60. The molecule has 1 N–H and O–H groups in total. The molecule has 3 rings (SSSR count). The van der Waals surface area contributed by atoms with E-state index in [1.807, 2.05) is 55.5 Å². The van der Waals surface area contributed by atoms with Gasteiger partial charge in [0.05, 0.1) is 18.5 Å². The van der Waals surface area contributed by atoms with Crippen LogP contribution in [0.4, 0.5) is 5.69 Å². The van der Waals surface area contributed by atoms with Gasteiger partial charge in [-0.05, 0) is 37.1 Å². The van der Waals surface area contributed by atoms with Crippen molar-refractivity contribution < 1.29 is 9.53 Å². The zero-order valence-corrected chi connectivity index (χ0v) is 14.5. The number of para-hydroxylation sites is 1. The van der Waals surface area contributed by atoms with Gasteiger partial charge in [0.15, 0.2) is 5.69 Å². The molecule has 0 fully saturated rings. The van der Waals surface area contributed by atoms with E-state index in [2.05, 4.69) is 22.6 Å². The molecule has 0 spiro atoms. The van der Waals surface area contributed by atoms with Crippen LogP contribution < -0.4 is 10.1 Å². The predicted molar refractivity (Wildman–Crippen MR) is 96.4 cm³/mol. The number of carbonyl (C=O) groups is 1. The Morgan fingerprint density at radius 3 is 2.76 bits per heavy atom. The smallest absolute Gasteiger partial charge is 0.278 e. The van der Waals surface area contributed by atoms with Gasteiger partial charge in [0.2, 0.25) is 0 Å². The van der Waals surface area contributed by atoms with E-state index in [0.29, 0.717) is 11.4 Å². The number of hydrogen-bond acceptors (Lipinski definition) is 4. The van der Waals surface area contributed by atoms with Crippen molar-refractivity contribution in [1.29, 1.82) is 0 Å². The highest BCUT2D eigenvalue weighted by molar-refractivity contribution is 6.04. The number of carbonyl (C=O) groups excluding carboxylic acids is 1. The third-order valence-electron chi connectivity index (χ3n) is 4.05. The van der Waals surface area contributed by atoms with E-state index >= 15 is 0 Å². The van der Waals surface area contributed by atoms with Gasteiger partial charge in [-0.3, -0.25) is 4.79 Å². The SMILES string of the molecule is CCc1ccccc1NC(=O)c1nnn(-c2cccc(OC)c2)c1C. The number of amides is 1. The maximum atomic E-state index is 12.6. The quantitative estimate of drug-likeness (QED) is 0.775. The molecule has 0 atom stereocenters. The number of aryl methyl sites for hydroxylation is 1. The molecule has 2 aromatic carbocycles. The third-order valence-corrected chi connectivity index (χ3v) is 4.05. The van der Waals surface area contributed by atoms with Crippen LogP contribution in [-0.4, -0.2) is 28.0 Å². The van der Waals surface area contributed by atoms with Crippen molar-refractivity contribution in [2.45, 2.75) is 20.3 Å². The van der Waals surface area contributed by atoms with Crippen LogP contribution in [-0.2, 0) is 6.42 Å². The molecule has 0 saturated carbocycles. The minimum atomic E-state index is -0.271. The van der Waals surface area contributed by atoms with Crippen molar-refractivity contribution in [2.24, 2.45) is 0 Å². The number of hydrogen-bond donors (Lipinski definition) is 1. The fourth-order valence-electron chi connectivity index (χ4n) is 2.66. The predicted octanol–water partition coefficient (Wildman–Crippen LogP) is 3.40. The van der Waals surface area contributed by atoms with Gasteiger partial charge < -0.3 is 10.1 Å². The highest BCUT2D eigenvalue weighted by atomic mass is 16.5. The van der Waals surface area contributed by atoms with Gasteiger partial charge in [0, 0.05) is 11.8 Å².